The SMILES string of the molecule is CNC(C)(C)C(=O)N(C)C(C)C(C)=O. The molecule has 0 saturated heterocycles. The molecule has 0 aliphatic heterocycles. The van der Waals surface area contributed by atoms with Crippen LogP contribution >= 0.6 is 0 Å². The van der Waals surface area contributed by atoms with Gasteiger partial charge >= 0.3 is 0 Å². The van der Waals surface area contributed by atoms with Crippen molar-refractivity contribution in [3.8, 4) is 0 Å². The fourth-order valence-electron chi connectivity index (χ4n) is 0.996. The summed E-state index contributed by atoms with van der Waals surface area (Å²) in [6.45, 7) is 6.80. The van der Waals surface area contributed by atoms with Crippen molar-refractivity contribution in [3.05, 3.63) is 0 Å². The summed E-state index contributed by atoms with van der Waals surface area (Å²) in [7, 11) is 3.37. The van der Waals surface area contributed by atoms with Crippen LogP contribution in [0, 0.1) is 0 Å². The molecular weight excluding hydrogens is 180 g/mol. The second kappa shape index (κ2) is 4.55. The lowest BCUT2D eigenvalue weighted by Gasteiger charge is -2.31. The van der Waals surface area contributed by atoms with Crippen LogP contribution in [0.3, 0.4) is 0 Å². The summed E-state index contributed by atoms with van der Waals surface area (Å²) in [5, 5.41) is 2.91. The number of ketones is 1. The molecule has 0 heterocycles. The standard InChI is InChI=1S/C10H20N2O2/c1-7(8(2)13)12(6)9(14)10(3,4)11-5/h7,11H,1-6H3. The maximum atomic E-state index is 11.9. The fourth-order valence-corrected chi connectivity index (χ4v) is 0.996. The van der Waals surface area contributed by atoms with E-state index in [0.717, 1.165) is 0 Å². The van der Waals surface area contributed by atoms with Crippen LogP contribution in [0.5, 0.6) is 0 Å². The topological polar surface area (TPSA) is 49.4 Å². The lowest BCUT2D eigenvalue weighted by molar-refractivity contribution is -0.141. The molecule has 0 rings (SSSR count). The predicted molar refractivity (Wildman–Crippen MR) is 56.1 cm³/mol. The first kappa shape index (κ1) is 13.1. The van der Waals surface area contributed by atoms with Crippen molar-refractivity contribution in [2.75, 3.05) is 14.1 Å². The quantitative estimate of drug-likeness (QED) is 0.715. The maximum Gasteiger partial charge on any atom is 0.242 e. The molecule has 82 valence electrons. The minimum absolute atomic E-state index is 0.00671. The molecule has 0 radical (unpaired) electrons. The lowest BCUT2D eigenvalue weighted by atomic mass is 10.0. The van der Waals surface area contributed by atoms with Gasteiger partial charge in [-0.2, -0.15) is 0 Å². The molecule has 0 aliphatic rings. The third-order valence-corrected chi connectivity index (χ3v) is 2.65. The van der Waals surface area contributed by atoms with Crippen LogP contribution < -0.4 is 5.32 Å². The van der Waals surface area contributed by atoms with Gasteiger partial charge in [0.05, 0.1) is 11.6 Å². The van der Waals surface area contributed by atoms with Crippen molar-refractivity contribution in [2.24, 2.45) is 0 Å². The Labute approximate surface area is 85.7 Å². The van der Waals surface area contributed by atoms with E-state index in [1.807, 2.05) is 0 Å². The number of carbonyl (C=O) groups is 2. The molecule has 4 heteroatoms. The van der Waals surface area contributed by atoms with Crippen LogP contribution in [0.2, 0.25) is 0 Å². The summed E-state index contributed by atoms with van der Waals surface area (Å²) in [5.41, 5.74) is -0.627. The molecule has 0 aromatic rings. The van der Waals surface area contributed by atoms with E-state index < -0.39 is 5.54 Å². The normalized spacial score (nSPS) is 13.6. The molecule has 1 N–H and O–H groups in total. The van der Waals surface area contributed by atoms with Gasteiger partial charge < -0.3 is 10.2 Å². The van der Waals surface area contributed by atoms with E-state index in [0.29, 0.717) is 0 Å². The van der Waals surface area contributed by atoms with Gasteiger partial charge in [0.1, 0.15) is 0 Å². The molecule has 0 spiro atoms. The zero-order valence-corrected chi connectivity index (χ0v) is 9.84. The number of hydrogen-bond donors (Lipinski definition) is 1. The summed E-state index contributed by atoms with van der Waals surface area (Å²) in [6.07, 6.45) is 0. The molecule has 0 aromatic heterocycles. The Hall–Kier alpha value is -0.900. The van der Waals surface area contributed by atoms with E-state index >= 15 is 0 Å². The van der Waals surface area contributed by atoms with Gasteiger partial charge in [-0.25, -0.2) is 0 Å². The van der Waals surface area contributed by atoms with Gasteiger partial charge in [-0.1, -0.05) is 0 Å². The van der Waals surface area contributed by atoms with E-state index in [2.05, 4.69) is 5.32 Å². The molecule has 4 nitrogen and oxygen atoms in total. The summed E-state index contributed by atoms with van der Waals surface area (Å²) in [6, 6.07) is -0.366. The second-order valence-corrected chi connectivity index (χ2v) is 4.08. The Bertz CT molecular complexity index is 236. The second-order valence-electron chi connectivity index (χ2n) is 4.08. The number of nitrogens with zero attached hydrogens (tertiary/aromatic N) is 1. The summed E-state index contributed by atoms with van der Waals surface area (Å²) >= 11 is 0. The highest BCUT2D eigenvalue weighted by Crippen LogP contribution is 2.09. The summed E-state index contributed by atoms with van der Waals surface area (Å²) < 4.78 is 0. The van der Waals surface area contributed by atoms with Crippen LogP contribution in [0.4, 0.5) is 0 Å². The first-order valence-corrected chi connectivity index (χ1v) is 4.70. The van der Waals surface area contributed by atoms with Crippen molar-refractivity contribution in [1.29, 1.82) is 0 Å². The molecule has 0 bridgehead atoms. The molecule has 0 aromatic carbocycles. The van der Waals surface area contributed by atoms with Crippen LogP contribution in [0.25, 0.3) is 0 Å². The van der Waals surface area contributed by atoms with Gasteiger partial charge in [0, 0.05) is 7.05 Å². The lowest BCUT2D eigenvalue weighted by Crippen LogP contribution is -2.54. The Morgan fingerprint density at radius 1 is 1.36 bits per heavy atom. The fraction of sp³-hybridized carbons (Fsp3) is 0.800. The van der Waals surface area contributed by atoms with Crippen molar-refractivity contribution < 1.29 is 9.59 Å². The van der Waals surface area contributed by atoms with Gasteiger partial charge in [-0.05, 0) is 34.7 Å². The van der Waals surface area contributed by atoms with Crippen LogP contribution in [0.15, 0.2) is 0 Å². The molecule has 1 unspecified atom stereocenters. The van der Waals surface area contributed by atoms with E-state index in [1.165, 1.54) is 11.8 Å². The van der Waals surface area contributed by atoms with Crippen LogP contribution in [0.1, 0.15) is 27.7 Å². The van der Waals surface area contributed by atoms with Gasteiger partial charge in [0.15, 0.2) is 5.78 Å². The average Bonchev–Trinajstić information content (AvgIpc) is 2.14. The predicted octanol–water partition coefficient (Wildman–Crippen LogP) is 0.420. The Morgan fingerprint density at radius 2 is 1.79 bits per heavy atom. The average molecular weight is 200 g/mol. The number of carbonyl (C=O) groups excluding carboxylic acids is 2. The molecule has 1 atom stereocenters. The third kappa shape index (κ3) is 2.80. The highest BCUT2D eigenvalue weighted by molar-refractivity contribution is 5.91. The number of hydrogen-bond acceptors (Lipinski definition) is 3. The maximum absolute atomic E-state index is 11.9. The van der Waals surface area contributed by atoms with Gasteiger partial charge in [0.2, 0.25) is 5.91 Å². The zero-order chi connectivity index (χ0) is 11.5. The number of likely N-dealkylation sites (N-methyl/N-ethyl adjacent to an activating group) is 2. The molecule has 1 amide bonds. The number of Topliss-reactive ketones (excluding diaryl/α,β-unsaturated/α-hetero) is 1. The number of amides is 1. The van der Waals surface area contributed by atoms with E-state index in [1.54, 1.807) is 34.9 Å². The van der Waals surface area contributed by atoms with Crippen molar-refractivity contribution in [1.82, 2.24) is 10.2 Å². The first-order chi connectivity index (χ1) is 6.24. The third-order valence-electron chi connectivity index (χ3n) is 2.65. The molecule has 0 saturated carbocycles. The van der Waals surface area contributed by atoms with Crippen LogP contribution in [-0.2, 0) is 9.59 Å². The number of nitrogens with one attached hydrogen (secondary N) is 1. The molecular formula is C10H20N2O2. The van der Waals surface area contributed by atoms with Crippen molar-refractivity contribution >= 4 is 11.7 Å². The van der Waals surface area contributed by atoms with Crippen LogP contribution in [-0.4, -0.2) is 42.3 Å². The van der Waals surface area contributed by atoms with E-state index in [-0.39, 0.29) is 17.7 Å². The van der Waals surface area contributed by atoms with E-state index in [9.17, 15) is 9.59 Å². The Morgan fingerprint density at radius 3 is 2.07 bits per heavy atom. The minimum atomic E-state index is -0.627. The van der Waals surface area contributed by atoms with Gasteiger partial charge in [0.25, 0.3) is 0 Å². The first-order valence-electron chi connectivity index (χ1n) is 4.70. The molecule has 0 aliphatic carbocycles. The minimum Gasteiger partial charge on any atom is -0.334 e. The van der Waals surface area contributed by atoms with Crippen molar-refractivity contribution in [3.63, 3.8) is 0 Å². The zero-order valence-electron chi connectivity index (χ0n) is 9.84. The van der Waals surface area contributed by atoms with E-state index in [4.69, 9.17) is 0 Å². The van der Waals surface area contributed by atoms with Gasteiger partial charge in [-0.3, -0.25) is 9.59 Å². The summed E-state index contributed by atoms with van der Waals surface area (Å²) in [4.78, 5) is 24.4. The number of rotatable bonds is 4. The van der Waals surface area contributed by atoms with Crippen molar-refractivity contribution in [2.45, 2.75) is 39.3 Å². The monoisotopic (exact) mass is 200 g/mol. The summed E-state index contributed by atoms with van der Waals surface area (Å²) in [5.74, 6) is -0.0875. The highest BCUT2D eigenvalue weighted by atomic mass is 16.2. The largest absolute Gasteiger partial charge is 0.334 e. The molecule has 0 fully saturated rings. The smallest absolute Gasteiger partial charge is 0.242 e. The van der Waals surface area contributed by atoms with Gasteiger partial charge in [-0.15, -0.1) is 0 Å². The Balaban J connectivity index is 4.63. The Kier molecular flexibility index (Phi) is 4.26. The molecule has 14 heavy (non-hydrogen) atoms. The highest BCUT2D eigenvalue weighted by Gasteiger charge is 2.31.